The lowest BCUT2D eigenvalue weighted by Gasteiger charge is -2.33. The van der Waals surface area contributed by atoms with Gasteiger partial charge >= 0.3 is 0 Å². The summed E-state index contributed by atoms with van der Waals surface area (Å²) in [5.74, 6) is -0.248. The number of benzene rings is 1. The van der Waals surface area contributed by atoms with Crippen LogP contribution in [-0.4, -0.2) is 54.7 Å². The largest absolute Gasteiger partial charge is 0.335 e. The quantitative estimate of drug-likeness (QED) is 0.730. The minimum atomic E-state index is -3.58. The van der Waals surface area contributed by atoms with Crippen LogP contribution in [0.25, 0.3) is 0 Å². The Kier molecular flexibility index (Phi) is 5.43. The monoisotopic (exact) mass is 443 g/mol. The zero-order chi connectivity index (χ0) is 18.0. The smallest absolute Gasteiger partial charge is 0.272 e. The van der Waals surface area contributed by atoms with Crippen molar-refractivity contribution >= 4 is 43.5 Å². The van der Waals surface area contributed by atoms with Crippen molar-refractivity contribution in [2.24, 2.45) is 0 Å². The van der Waals surface area contributed by atoms with Gasteiger partial charge in [0.15, 0.2) is 0 Å². The first-order chi connectivity index (χ1) is 11.9. The minimum Gasteiger partial charge on any atom is -0.335 e. The van der Waals surface area contributed by atoms with E-state index < -0.39 is 10.0 Å². The molecule has 1 aromatic heterocycles. The number of pyridine rings is 1. The number of aromatic nitrogens is 1. The van der Waals surface area contributed by atoms with Gasteiger partial charge in [0.2, 0.25) is 10.0 Å². The number of nitrogens with zero attached hydrogens (tertiary/aromatic N) is 3. The summed E-state index contributed by atoms with van der Waals surface area (Å²) in [5.41, 5.74) is 0.260. The maximum absolute atomic E-state index is 12.7. The number of hydrogen-bond acceptors (Lipinski definition) is 4. The number of carbonyl (C=O) groups is 1. The first kappa shape index (κ1) is 18.3. The molecular formula is C16H15BrClN3O3S. The van der Waals surface area contributed by atoms with Crippen LogP contribution >= 0.6 is 27.5 Å². The Morgan fingerprint density at radius 3 is 2.48 bits per heavy atom. The minimum absolute atomic E-state index is 0.234. The number of rotatable bonds is 3. The number of sulfonamides is 1. The van der Waals surface area contributed by atoms with E-state index in [2.05, 4.69) is 20.9 Å². The van der Waals surface area contributed by atoms with E-state index in [9.17, 15) is 13.2 Å². The lowest BCUT2D eigenvalue weighted by Crippen LogP contribution is -2.50. The van der Waals surface area contributed by atoms with Crippen LogP contribution in [0.1, 0.15) is 10.5 Å². The van der Waals surface area contributed by atoms with Crippen molar-refractivity contribution < 1.29 is 13.2 Å². The molecule has 9 heteroatoms. The van der Waals surface area contributed by atoms with E-state index in [1.807, 2.05) is 0 Å². The van der Waals surface area contributed by atoms with Gasteiger partial charge in [0.25, 0.3) is 5.91 Å². The third-order valence-corrected chi connectivity index (χ3v) is 6.52. The van der Waals surface area contributed by atoms with Crippen molar-refractivity contribution in [3.63, 3.8) is 0 Å². The summed E-state index contributed by atoms with van der Waals surface area (Å²) in [5, 5.41) is 0.439. The molecule has 1 saturated heterocycles. The lowest BCUT2D eigenvalue weighted by molar-refractivity contribution is 0.0692. The Hall–Kier alpha value is -1.48. The summed E-state index contributed by atoms with van der Waals surface area (Å²) in [6.45, 7) is 1.09. The standard InChI is InChI=1S/C16H15BrClN3O3S/c17-12-2-1-3-14(10-12)25(23,24)21-8-6-20(7-9-21)16(22)15-11-13(18)4-5-19-15/h1-5,10-11H,6-9H2. The second kappa shape index (κ2) is 7.41. The van der Waals surface area contributed by atoms with Gasteiger partial charge in [0.1, 0.15) is 5.69 Å². The molecule has 0 atom stereocenters. The van der Waals surface area contributed by atoms with Crippen LogP contribution in [0.15, 0.2) is 52.0 Å². The van der Waals surface area contributed by atoms with Gasteiger partial charge < -0.3 is 4.90 Å². The van der Waals surface area contributed by atoms with Gasteiger partial charge in [-0.2, -0.15) is 4.31 Å². The molecule has 25 heavy (non-hydrogen) atoms. The molecule has 1 aliphatic rings. The van der Waals surface area contributed by atoms with Crippen molar-refractivity contribution in [3.8, 4) is 0 Å². The maximum Gasteiger partial charge on any atom is 0.272 e. The summed E-state index contributed by atoms with van der Waals surface area (Å²) in [6.07, 6.45) is 1.48. The van der Waals surface area contributed by atoms with Crippen molar-refractivity contribution in [2.45, 2.75) is 4.90 Å². The fourth-order valence-corrected chi connectivity index (χ4v) is 4.77. The van der Waals surface area contributed by atoms with Gasteiger partial charge in [0, 0.05) is 41.9 Å². The molecular weight excluding hydrogens is 430 g/mol. The first-order valence-electron chi connectivity index (χ1n) is 7.54. The number of halogens is 2. The SMILES string of the molecule is O=C(c1cc(Cl)ccn1)N1CCN(S(=O)(=O)c2cccc(Br)c2)CC1. The average molecular weight is 445 g/mol. The number of piperazine rings is 1. The lowest BCUT2D eigenvalue weighted by atomic mass is 10.3. The summed E-state index contributed by atoms with van der Waals surface area (Å²) < 4.78 is 27.5. The zero-order valence-electron chi connectivity index (χ0n) is 13.1. The van der Waals surface area contributed by atoms with Crippen LogP contribution < -0.4 is 0 Å². The number of amides is 1. The second-order valence-corrected chi connectivity index (χ2v) is 8.80. The molecule has 0 radical (unpaired) electrons. The first-order valence-corrected chi connectivity index (χ1v) is 10.2. The Bertz CT molecular complexity index is 899. The van der Waals surface area contributed by atoms with Crippen molar-refractivity contribution in [1.82, 2.24) is 14.2 Å². The highest BCUT2D eigenvalue weighted by Crippen LogP contribution is 2.21. The Morgan fingerprint density at radius 1 is 1.12 bits per heavy atom. The van der Waals surface area contributed by atoms with Crippen LogP contribution in [0.3, 0.4) is 0 Å². The molecule has 2 aromatic rings. The molecule has 2 heterocycles. The van der Waals surface area contributed by atoms with Gasteiger partial charge in [0.05, 0.1) is 4.90 Å². The van der Waals surface area contributed by atoms with Crippen molar-refractivity contribution in [3.05, 3.63) is 57.8 Å². The highest BCUT2D eigenvalue weighted by Gasteiger charge is 2.30. The molecule has 0 saturated carbocycles. The Balaban J connectivity index is 1.70. The third-order valence-electron chi connectivity index (χ3n) is 3.90. The highest BCUT2D eigenvalue weighted by atomic mass is 79.9. The van der Waals surface area contributed by atoms with E-state index in [-0.39, 0.29) is 29.6 Å². The number of carbonyl (C=O) groups excluding carboxylic acids is 1. The van der Waals surface area contributed by atoms with E-state index >= 15 is 0 Å². The van der Waals surface area contributed by atoms with Gasteiger partial charge in [-0.3, -0.25) is 9.78 Å². The van der Waals surface area contributed by atoms with Crippen LogP contribution in [0.4, 0.5) is 0 Å². The van der Waals surface area contributed by atoms with E-state index in [4.69, 9.17) is 11.6 Å². The summed E-state index contributed by atoms with van der Waals surface area (Å²) in [7, 11) is -3.58. The summed E-state index contributed by atoms with van der Waals surface area (Å²) >= 11 is 9.17. The van der Waals surface area contributed by atoms with E-state index in [1.165, 1.54) is 16.6 Å². The molecule has 1 fully saturated rings. The van der Waals surface area contributed by atoms with Crippen molar-refractivity contribution in [1.29, 1.82) is 0 Å². The summed E-state index contributed by atoms with van der Waals surface area (Å²) in [4.78, 5) is 18.3. The van der Waals surface area contributed by atoms with E-state index in [0.717, 1.165) is 0 Å². The molecule has 6 nitrogen and oxygen atoms in total. The van der Waals surface area contributed by atoms with E-state index in [0.29, 0.717) is 22.6 Å². The molecule has 0 N–H and O–H groups in total. The summed E-state index contributed by atoms with van der Waals surface area (Å²) in [6, 6.07) is 9.70. The molecule has 0 unspecified atom stereocenters. The average Bonchev–Trinajstić information content (AvgIpc) is 2.61. The zero-order valence-corrected chi connectivity index (χ0v) is 16.3. The van der Waals surface area contributed by atoms with E-state index in [1.54, 1.807) is 35.2 Å². The molecule has 0 bridgehead atoms. The van der Waals surface area contributed by atoms with Gasteiger partial charge in [-0.25, -0.2) is 8.42 Å². The third kappa shape index (κ3) is 4.03. The maximum atomic E-state index is 12.7. The van der Waals surface area contributed by atoms with Crippen LogP contribution in [0.2, 0.25) is 5.02 Å². The Labute approximate surface area is 159 Å². The molecule has 1 aliphatic heterocycles. The van der Waals surface area contributed by atoms with Crippen LogP contribution in [0, 0.1) is 0 Å². The normalized spacial score (nSPS) is 16.0. The second-order valence-electron chi connectivity index (χ2n) is 5.51. The van der Waals surface area contributed by atoms with Crippen LogP contribution in [0.5, 0.6) is 0 Å². The number of hydrogen-bond donors (Lipinski definition) is 0. The highest BCUT2D eigenvalue weighted by molar-refractivity contribution is 9.10. The Morgan fingerprint density at radius 2 is 1.84 bits per heavy atom. The molecule has 1 amide bonds. The predicted molar refractivity (Wildman–Crippen MR) is 98.1 cm³/mol. The van der Waals surface area contributed by atoms with Gasteiger partial charge in [-0.05, 0) is 30.3 Å². The molecule has 132 valence electrons. The fourth-order valence-electron chi connectivity index (χ4n) is 2.59. The van der Waals surface area contributed by atoms with Gasteiger partial charge in [-0.1, -0.05) is 33.6 Å². The topological polar surface area (TPSA) is 70.6 Å². The molecule has 0 aliphatic carbocycles. The molecule has 3 rings (SSSR count). The van der Waals surface area contributed by atoms with Gasteiger partial charge in [-0.15, -0.1) is 0 Å². The molecule has 0 spiro atoms. The van der Waals surface area contributed by atoms with Crippen molar-refractivity contribution in [2.75, 3.05) is 26.2 Å². The fraction of sp³-hybridized carbons (Fsp3) is 0.250. The van der Waals surface area contributed by atoms with Crippen LogP contribution in [-0.2, 0) is 10.0 Å². The predicted octanol–water partition coefficient (Wildman–Crippen LogP) is 2.64. The molecule has 1 aromatic carbocycles.